The zero-order valence-electron chi connectivity index (χ0n) is 17.2. The molecule has 1 aliphatic rings. The average Bonchev–Trinajstić information content (AvgIpc) is 2.75. The number of carbonyl (C=O) groups excluding carboxylic acids is 2. The number of sulfonamides is 1. The third kappa shape index (κ3) is 5.12. The molecule has 1 amide bonds. The predicted octanol–water partition coefficient (Wildman–Crippen LogP) is 1.60. The molecule has 0 radical (unpaired) electrons. The zero-order valence-corrected chi connectivity index (χ0v) is 18.8. The van der Waals surface area contributed by atoms with E-state index in [-0.39, 0.29) is 34.7 Å². The van der Waals surface area contributed by atoms with Crippen LogP contribution >= 0.6 is 11.6 Å². The molecule has 0 spiro atoms. The molecular formula is C21H24ClFN3O4S+. The quantitative estimate of drug-likeness (QED) is 0.630. The molecule has 1 saturated heterocycles. The van der Waals surface area contributed by atoms with Crippen LogP contribution in [0.2, 0.25) is 5.02 Å². The summed E-state index contributed by atoms with van der Waals surface area (Å²) < 4.78 is 40.3. The monoisotopic (exact) mass is 468 g/mol. The van der Waals surface area contributed by atoms with E-state index in [1.807, 2.05) is 0 Å². The molecule has 0 saturated carbocycles. The molecule has 1 aliphatic heterocycles. The second kappa shape index (κ2) is 9.44. The number of hydrogen-bond donors (Lipinski definition) is 2. The van der Waals surface area contributed by atoms with Crippen molar-refractivity contribution in [2.75, 3.05) is 31.5 Å². The Kier molecular flexibility index (Phi) is 7.10. The number of amides is 1. The molecule has 2 N–H and O–H groups in total. The molecule has 166 valence electrons. The lowest BCUT2D eigenvalue weighted by atomic mass is 10.1. The standard InChI is InChI=1S/C21H23ClFN3O4S/c1-14(21(28)24-20-6-4-3-5-17(20)15(2)27)25-9-11-26(12-10-25)31(29,30)16-7-8-19(23)18(22)13-16/h3-8,13-14H,9-12H2,1-2H3,(H,24,28)/p+1. The minimum Gasteiger partial charge on any atom is -0.323 e. The van der Waals surface area contributed by atoms with Crippen molar-refractivity contribution in [3.8, 4) is 0 Å². The number of piperazine rings is 1. The molecule has 0 bridgehead atoms. The smallest absolute Gasteiger partial charge is 0.282 e. The summed E-state index contributed by atoms with van der Waals surface area (Å²) in [4.78, 5) is 25.4. The fraction of sp³-hybridized carbons (Fsp3) is 0.333. The maximum Gasteiger partial charge on any atom is 0.282 e. The topological polar surface area (TPSA) is 88.0 Å². The van der Waals surface area contributed by atoms with Crippen LogP contribution in [0.5, 0.6) is 0 Å². The lowest BCUT2D eigenvalue weighted by Gasteiger charge is -2.34. The SMILES string of the molecule is CC(=O)c1ccccc1NC(=O)C(C)[NH+]1CCN(S(=O)(=O)c2ccc(F)c(Cl)c2)CC1. The van der Waals surface area contributed by atoms with Gasteiger partial charge in [0.05, 0.1) is 41.8 Å². The molecule has 1 fully saturated rings. The van der Waals surface area contributed by atoms with Gasteiger partial charge in [0.2, 0.25) is 10.0 Å². The minimum atomic E-state index is -3.80. The number of rotatable bonds is 6. The van der Waals surface area contributed by atoms with Crippen LogP contribution in [0.1, 0.15) is 24.2 Å². The van der Waals surface area contributed by atoms with Gasteiger partial charge in [-0.2, -0.15) is 4.31 Å². The minimum absolute atomic E-state index is 0.0611. The van der Waals surface area contributed by atoms with E-state index in [0.717, 1.165) is 17.0 Å². The van der Waals surface area contributed by atoms with Crippen LogP contribution in [0, 0.1) is 5.82 Å². The van der Waals surface area contributed by atoms with Crippen molar-refractivity contribution in [2.24, 2.45) is 0 Å². The van der Waals surface area contributed by atoms with Crippen molar-refractivity contribution in [2.45, 2.75) is 24.8 Å². The number of ketones is 1. The molecule has 0 aromatic heterocycles. The molecule has 3 rings (SSSR count). The van der Waals surface area contributed by atoms with Gasteiger partial charge in [0, 0.05) is 5.56 Å². The lowest BCUT2D eigenvalue weighted by molar-refractivity contribution is -0.917. The van der Waals surface area contributed by atoms with Crippen LogP contribution in [0.15, 0.2) is 47.4 Å². The molecule has 7 nitrogen and oxygen atoms in total. The first-order valence-electron chi connectivity index (χ1n) is 9.82. The number of halogens is 2. The van der Waals surface area contributed by atoms with Crippen LogP contribution in [-0.2, 0) is 14.8 Å². The molecule has 10 heteroatoms. The highest BCUT2D eigenvalue weighted by molar-refractivity contribution is 7.89. The van der Waals surface area contributed by atoms with Crippen LogP contribution in [0.25, 0.3) is 0 Å². The van der Waals surface area contributed by atoms with Gasteiger partial charge in [0.1, 0.15) is 5.82 Å². The number of hydrogen-bond acceptors (Lipinski definition) is 4. The highest BCUT2D eigenvalue weighted by atomic mass is 35.5. The van der Waals surface area contributed by atoms with Crippen LogP contribution in [0.3, 0.4) is 0 Å². The highest BCUT2D eigenvalue weighted by Crippen LogP contribution is 2.22. The normalized spacial score (nSPS) is 16.6. The first-order valence-corrected chi connectivity index (χ1v) is 11.6. The summed E-state index contributed by atoms with van der Waals surface area (Å²) in [5, 5.41) is 2.56. The Bertz CT molecular complexity index is 1100. The van der Waals surface area contributed by atoms with E-state index < -0.39 is 21.9 Å². The summed E-state index contributed by atoms with van der Waals surface area (Å²) in [7, 11) is -3.80. The van der Waals surface area contributed by atoms with Gasteiger partial charge in [-0.05, 0) is 44.2 Å². The summed E-state index contributed by atoms with van der Waals surface area (Å²) in [5.41, 5.74) is 0.896. The second-order valence-electron chi connectivity index (χ2n) is 7.45. The molecule has 1 unspecified atom stereocenters. The van der Waals surface area contributed by atoms with Gasteiger partial charge in [0.25, 0.3) is 5.91 Å². The van der Waals surface area contributed by atoms with Gasteiger partial charge in [-0.3, -0.25) is 9.59 Å². The predicted molar refractivity (Wildman–Crippen MR) is 115 cm³/mol. The summed E-state index contributed by atoms with van der Waals surface area (Å²) in [6.07, 6.45) is 0. The summed E-state index contributed by atoms with van der Waals surface area (Å²) >= 11 is 5.73. The van der Waals surface area contributed by atoms with E-state index in [1.54, 1.807) is 31.2 Å². The third-order valence-corrected chi connectivity index (χ3v) is 7.65. The lowest BCUT2D eigenvalue weighted by Crippen LogP contribution is -3.19. The average molecular weight is 469 g/mol. The van der Waals surface area contributed by atoms with E-state index in [9.17, 15) is 22.4 Å². The number of benzene rings is 2. The van der Waals surface area contributed by atoms with E-state index in [2.05, 4.69) is 5.32 Å². The largest absolute Gasteiger partial charge is 0.323 e. The number of nitrogens with one attached hydrogen (secondary N) is 2. The van der Waals surface area contributed by atoms with Gasteiger partial charge in [-0.1, -0.05) is 23.7 Å². The number of para-hydroxylation sites is 1. The van der Waals surface area contributed by atoms with E-state index in [4.69, 9.17) is 11.6 Å². The van der Waals surface area contributed by atoms with Gasteiger partial charge in [-0.15, -0.1) is 0 Å². The molecule has 2 aromatic rings. The van der Waals surface area contributed by atoms with Gasteiger partial charge < -0.3 is 10.2 Å². The maximum absolute atomic E-state index is 13.4. The molecule has 31 heavy (non-hydrogen) atoms. The van der Waals surface area contributed by atoms with Gasteiger partial charge >= 0.3 is 0 Å². The van der Waals surface area contributed by atoms with E-state index in [1.165, 1.54) is 17.3 Å². The van der Waals surface area contributed by atoms with Crippen molar-refractivity contribution in [1.29, 1.82) is 0 Å². The summed E-state index contributed by atoms with van der Waals surface area (Å²) in [6.45, 7) is 4.50. The van der Waals surface area contributed by atoms with Crippen LogP contribution in [-0.4, -0.2) is 56.6 Å². The molecule has 2 aromatic carbocycles. The Morgan fingerprint density at radius 1 is 1.16 bits per heavy atom. The van der Waals surface area contributed by atoms with Crippen molar-refractivity contribution < 1.29 is 27.3 Å². The van der Waals surface area contributed by atoms with Crippen molar-refractivity contribution in [3.63, 3.8) is 0 Å². The number of Topliss-reactive ketones (excluding diaryl/α,β-unsaturated/α-hetero) is 1. The first-order chi connectivity index (χ1) is 14.6. The second-order valence-corrected chi connectivity index (χ2v) is 9.80. The van der Waals surface area contributed by atoms with Crippen molar-refractivity contribution >= 4 is 39.0 Å². The molecule has 1 heterocycles. The van der Waals surface area contributed by atoms with Crippen molar-refractivity contribution in [1.82, 2.24) is 4.31 Å². The first kappa shape index (κ1) is 23.3. The molecule has 1 atom stereocenters. The number of quaternary nitrogens is 1. The van der Waals surface area contributed by atoms with Crippen molar-refractivity contribution in [3.05, 3.63) is 58.9 Å². The van der Waals surface area contributed by atoms with E-state index >= 15 is 0 Å². The maximum atomic E-state index is 13.4. The summed E-state index contributed by atoms with van der Waals surface area (Å²) in [5.74, 6) is -1.07. The van der Waals surface area contributed by atoms with Crippen LogP contribution in [0.4, 0.5) is 10.1 Å². The van der Waals surface area contributed by atoms with Crippen LogP contribution < -0.4 is 10.2 Å². The molecular weight excluding hydrogens is 445 g/mol. The fourth-order valence-corrected chi connectivity index (χ4v) is 5.27. The van der Waals surface area contributed by atoms with Gasteiger partial charge in [-0.25, -0.2) is 12.8 Å². The Hall–Kier alpha value is -2.33. The Labute approximate surface area is 185 Å². The Balaban J connectivity index is 1.64. The van der Waals surface area contributed by atoms with E-state index in [0.29, 0.717) is 24.3 Å². The van der Waals surface area contributed by atoms with Gasteiger partial charge in [0.15, 0.2) is 11.8 Å². The zero-order chi connectivity index (χ0) is 22.8. The Morgan fingerprint density at radius 2 is 1.81 bits per heavy atom. The fourth-order valence-electron chi connectivity index (χ4n) is 3.56. The number of carbonyl (C=O) groups is 2. The molecule has 0 aliphatic carbocycles. The number of anilines is 1. The third-order valence-electron chi connectivity index (χ3n) is 5.46. The Morgan fingerprint density at radius 3 is 2.42 bits per heavy atom. The summed E-state index contributed by atoms with van der Waals surface area (Å²) in [6, 6.07) is 9.69. The number of nitrogens with zero attached hydrogens (tertiary/aromatic N) is 1. The highest BCUT2D eigenvalue weighted by Gasteiger charge is 2.34.